The van der Waals surface area contributed by atoms with Crippen molar-refractivity contribution in [3.63, 3.8) is 0 Å². The number of carbonyl (C=O) groups excluding carboxylic acids is 1. The fraction of sp³-hybridized carbons (Fsp3) is 0.250. The summed E-state index contributed by atoms with van der Waals surface area (Å²) in [6.45, 7) is 0. The Kier molecular flexibility index (Phi) is 3.89. The van der Waals surface area contributed by atoms with Gasteiger partial charge in [-0.2, -0.15) is 0 Å². The largest absolute Gasteiger partial charge is 0.465 e. The van der Waals surface area contributed by atoms with Crippen molar-refractivity contribution in [2.45, 2.75) is 6.43 Å². The van der Waals surface area contributed by atoms with Gasteiger partial charge in [0.2, 0.25) is 0 Å². The molecule has 0 radical (unpaired) electrons. The van der Waals surface area contributed by atoms with Crippen LogP contribution in [0.3, 0.4) is 0 Å². The first-order chi connectivity index (χ1) is 6.99. The van der Waals surface area contributed by atoms with Crippen molar-refractivity contribution in [2.24, 2.45) is 0 Å². The lowest BCUT2D eigenvalue weighted by atomic mass is 10.1. The lowest BCUT2D eigenvalue weighted by Crippen LogP contribution is -2.11. The fourth-order valence-corrected chi connectivity index (χ4v) is 1.36. The van der Waals surface area contributed by atoms with Crippen molar-refractivity contribution >= 4 is 28.6 Å². The van der Waals surface area contributed by atoms with Crippen LogP contribution in [0.5, 0.6) is 0 Å². The summed E-state index contributed by atoms with van der Waals surface area (Å²) in [5, 5.41) is 0. The summed E-state index contributed by atoms with van der Waals surface area (Å²) in [7, 11) is 0.990. The third-order valence-corrected chi connectivity index (χ3v) is 2.38. The molecule has 1 rings (SSSR count). The third kappa shape index (κ3) is 2.39. The van der Waals surface area contributed by atoms with Gasteiger partial charge in [-0.1, -0.05) is 0 Å². The van der Waals surface area contributed by atoms with Gasteiger partial charge in [-0.05, 0) is 22.6 Å². The van der Waals surface area contributed by atoms with E-state index in [0.717, 1.165) is 13.3 Å². The van der Waals surface area contributed by atoms with Crippen molar-refractivity contribution in [3.8, 4) is 0 Å². The lowest BCUT2D eigenvalue weighted by molar-refractivity contribution is 0.0582. The molecule has 0 aliphatic carbocycles. The highest BCUT2D eigenvalue weighted by atomic mass is 127. The van der Waals surface area contributed by atoms with Gasteiger partial charge in [-0.3, -0.25) is 0 Å². The standard InChI is InChI=1S/C8H5F3INO2/c1-15-8(14)4-3(6(10)11)2-13-7(12)5(4)9/h2,6H,1H3. The van der Waals surface area contributed by atoms with Gasteiger partial charge in [0.05, 0.1) is 12.7 Å². The topological polar surface area (TPSA) is 39.2 Å². The summed E-state index contributed by atoms with van der Waals surface area (Å²) in [6, 6.07) is 0. The molecule has 0 bridgehead atoms. The zero-order chi connectivity index (χ0) is 11.6. The van der Waals surface area contributed by atoms with Crippen molar-refractivity contribution in [2.75, 3.05) is 7.11 Å². The monoisotopic (exact) mass is 331 g/mol. The minimum absolute atomic E-state index is 0.155. The maximum atomic E-state index is 13.4. The molecule has 1 aromatic heterocycles. The summed E-state index contributed by atoms with van der Waals surface area (Å²) >= 11 is 1.50. The number of pyridine rings is 1. The van der Waals surface area contributed by atoms with Crippen LogP contribution in [0.2, 0.25) is 0 Å². The van der Waals surface area contributed by atoms with Gasteiger partial charge < -0.3 is 4.74 Å². The quantitative estimate of drug-likeness (QED) is 0.475. The molecule has 0 unspecified atom stereocenters. The fourth-order valence-electron chi connectivity index (χ4n) is 0.952. The molecule has 1 heterocycles. The molecule has 0 aromatic carbocycles. The van der Waals surface area contributed by atoms with Crippen molar-refractivity contribution in [1.82, 2.24) is 4.98 Å². The van der Waals surface area contributed by atoms with E-state index in [-0.39, 0.29) is 3.70 Å². The van der Waals surface area contributed by atoms with E-state index in [2.05, 4.69) is 9.72 Å². The maximum absolute atomic E-state index is 13.4. The Labute approximate surface area is 96.8 Å². The van der Waals surface area contributed by atoms with Crippen LogP contribution < -0.4 is 0 Å². The number of alkyl halides is 2. The average Bonchev–Trinajstić information content (AvgIpc) is 2.20. The van der Waals surface area contributed by atoms with Gasteiger partial charge in [0.1, 0.15) is 9.26 Å². The average molecular weight is 331 g/mol. The van der Waals surface area contributed by atoms with E-state index in [4.69, 9.17) is 0 Å². The van der Waals surface area contributed by atoms with Gasteiger partial charge in [-0.15, -0.1) is 0 Å². The summed E-state index contributed by atoms with van der Waals surface area (Å²) in [5.74, 6) is -2.22. The van der Waals surface area contributed by atoms with Crippen LogP contribution in [0.4, 0.5) is 13.2 Å². The molecule has 0 aliphatic heterocycles. The highest BCUT2D eigenvalue weighted by Gasteiger charge is 2.25. The van der Waals surface area contributed by atoms with Crippen LogP contribution in [0.25, 0.3) is 0 Å². The molecule has 0 N–H and O–H groups in total. The Balaban J connectivity index is 3.41. The molecule has 0 atom stereocenters. The molecule has 15 heavy (non-hydrogen) atoms. The first-order valence-corrected chi connectivity index (χ1v) is 4.77. The zero-order valence-corrected chi connectivity index (χ0v) is 9.59. The van der Waals surface area contributed by atoms with Crippen molar-refractivity contribution in [1.29, 1.82) is 0 Å². The summed E-state index contributed by atoms with van der Waals surface area (Å²) in [5.41, 5.74) is -1.52. The van der Waals surface area contributed by atoms with Crippen LogP contribution in [0.15, 0.2) is 6.20 Å². The Bertz CT molecular complexity index is 398. The van der Waals surface area contributed by atoms with E-state index >= 15 is 0 Å². The van der Waals surface area contributed by atoms with E-state index < -0.39 is 29.3 Å². The Morgan fingerprint density at radius 2 is 2.20 bits per heavy atom. The van der Waals surface area contributed by atoms with Gasteiger partial charge in [-0.25, -0.2) is 22.9 Å². The number of nitrogens with zero attached hydrogens (tertiary/aromatic N) is 1. The maximum Gasteiger partial charge on any atom is 0.341 e. The molecular weight excluding hydrogens is 326 g/mol. The molecule has 0 fully saturated rings. The zero-order valence-electron chi connectivity index (χ0n) is 7.43. The predicted molar refractivity (Wildman–Crippen MR) is 53.2 cm³/mol. The van der Waals surface area contributed by atoms with Crippen LogP contribution in [-0.2, 0) is 4.74 Å². The van der Waals surface area contributed by atoms with E-state index in [0.29, 0.717) is 0 Å². The molecule has 0 amide bonds. The number of methoxy groups -OCH3 is 1. The first-order valence-electron chi connectivity index (χ1n) is 3.69. The summed E-state index contributed by atoms with van der Waals surface area (Å²) in [6.07, 6.45) is -2.21. The van der Waals surface area contributed by atoms with E-state index in [9.17, 15) is 18.0 Å². The molecule has 7 heteroatoms. The number of esters is 1. The second-order valence-electron chi connectivity index (χ2n) is 2.49. The molecule has 0 saturated heterocycles. The number of hydrogen-bond donors (Lipinski definition) is 0. The van der Waals surface area contributed by atoms with Gasteiger partial charge in [0.25, 0.3) is 6.43 Å². The minimum atomic E-state index is -2.97. The molecule has 0 saturated carbocycles. The van der Waals surface area contributed by atoms with Gasteiger partial charge in [0, 0.05) is 6.20 Å². The Morgan fingerprint density at radius 3 is 2.67 bits per heavy atom. The highest BCUT2D eigenvalue weighted by Crippen LogP contribution is 2.26. The van der Waals surface area contributed by atoms with Crippen LogP contribution in [-0.4, -0.2) is 18.1 Å². The number of hydrogen-bond acceptors (Lipinski definition) is 3. The highest BCUT2D eigenvalue weighted by molar-refractivity contribution is 14.1. The third-order valence-electron chi connectivity index (χ3n) is 1.63. The number of aromatic nitrogens is 1. The van der Waals surface area contributed by atoms with Gasteiger partial charge in [0.15, 0.2) is 5.82 Å². The van der Waals surface area contributed by atoms with E-state index in [1.165, 1.54) is 22.6 Å². The number of halogens is 4. The number of ether oxygens (including phenoxy) is 1. The SMILES string of the molecule is COC(=O)c1c(C(F)F)cnc(I)c1F. The number of rotatable bonds is 2. The van der Waals surface area contributed by atoms with Crippen LogP contribution >= 0.6 is 22.6 Å². The molecule has 82 valence electrons. The molecular formula is C8H5F3INO2. The van der Waals surface area contributed by atoms with Crippen LogP contribution in [0.1, 0.15) is 22.3 Å². The molecule has 0 spiro atoms. The summed E-state index contributed by atoms with van der Waals surface area (Å²) in [4.78, 5) is 14.5. The first kappa shape index (κ1) is 12.2. The lowest BCUT2D eigenvalue weighted by Gasteiger charge is -2.08. The Hall–Kier alpha value is -0.860. The molecule has 0 aliphatic rings. The van der Waals surface area contributed by atoms with Crippen molar-refractivity contribution in [3.05, 3.63) is 26.8 Å². The normalized spacial score (nSPS) is 10.5. The van der Waals surface area contributed by atoms with Gasteiger partial charge >= 0.3 is 5.97 Å². The van der Waals surface area contributed by atoms with Crippen LogP contribution in [0, 0.1) is 9.52 Å². The molecule has 1 aromatic rings. The second kappa shape index (κ2) is 4.77. The van der Waals surface area contributed by atoms with E-state index in [1.54, 1.807) is 0 Å². The number of carbonyl (C=O) groups is 1. The van der Waals surface area contributed by atoms with E-state index in [1.807, 2.05) is 0 Å². The second-order valence-corrected chi connectivity index (χ2v) is 3.51. The summed E-state index contributed by atoms with van der Waals surface area (Å²) < 4.78 is 42.3. The molecule has 3 nitrogen and oxygen atoms in total. The smallest absolute Gasteiger partial charge is 0.341 e. The Morgan fingerprint density at radius 1 is 1.60 bits per heavy atom. The minimum Gasteiger partial charge on any atom is -0.465 e. The van der Waals surface area contributed by atoms with Crippen molar-refractivity contribution < 1.29 is 22.7 Å². The predicted octanol–water partition coefficient (Wildman–Crippen LogP) is 2.55.